The van der Waals surface area contributed by atoms with Gasteiger partial charge >= 0.3 is 0 Å². The summed E-state index contributed by atoms with van der Waals surface area (Å²) in [6.07, 6.45) is 0. The SMILES string of the molecule is CCNC(=NCc1ccc(C)c(F)c1)NCCOC.I. The Kier molecular flexibility index (Phi) is 10.4. The van der Waals surface area contributed by atoms with Crippen molar-refractivity contribution in [2.45, 2.75) is 20.4 Å². The van der Waals surface area contributed by atoms with Crippen LogP contribution in [0.2, 0.25) is 0 Å². The molecule has 20 heavy (non-hydrogen) atoms. The molecule has 0 aliphatic rings. The molecule has 0 amide bonds. The van der Waals surface area contributed by atoms with Gasteiger partial charge in [-0.2, -0.15) is 0 Å². The molecular weight excluding hydrogens is 372 g/mol. The lowest BCUT2D eigenvalue weighted by Crippen LogP contribution is -2.38. The Hall–Kier alpha value is -0.890. The van der Waals surface area contributed by atoms with E-state index in [0.29, 0.717) is 31.2 Å². The molecule has 1 aromatic carbocycles. The van der Waals surface area contributed by atoms with E-state index in [0.717, 1.165) is 12.1 Å². The summed E-state index contributed by atoms with van der Waals surface area (Å²) in [5.74, 6) is 0.519. The van der Waals surface area contributed by atoms with E-state index in [1.54, 1.807) is 20.1 Å². The number of aryl methyl sites for hydroxylation is 1. The number of halogens is 2. The molecular formula is C14H23FIN3O. The van der Waals surface area contributed by atoms with Crippen LogP contribution in [-0.2, 0) is 11.3 Å². The molecule has 0 radical (unpaired) electrons. The highest BCUT2D eigenvalue weighted by Crippen LogP contribution is 2.09. The van der Waals surface area contributed by atoms with Gasteiger partial charge in [0.05, 0.1) is 13.2 Å². The van der Waals surface area contributed by atoms with E-state index in [1.165, 1.54) is 6.07 Å². The number of rotatable bonds is 6. The van der Waals surface area contributed by atoms with Crippen molar-refractivity contribution in [3.8, 4) is 0 Å². The molecule has 4 nitrogen and oxygen atoms in total. The highest BCUT2D eigenvalue weighted by Gasteiger charge is 2.00. The number of benzene rings is 1. The number of nitrogens with one attached hydrogen (secondary N) is 2. The third-order valence-corrected chi connectivity index (χ3v) is 2.60. The van der Waals surface area contributed by atoms with Gasteiger partial charge < -0.3 is 15.4 Å². The standard InChI is InChI=1S/C14H22FN3O.HI/c1-4-16-14(17-7-8-19-3)18-10-12-6-5-11(2)13(15)9-12;/h5-6,9H,4,7-8,10H2,1-3H3,(H2,16,17,18);1H. The molecule has 1 aromatic rings. The summed E-state index contributed by atoms with van der Waals surface area (Å²) in [6, 6.07) is 5.18. The summed E-state index contributed by atoms with van der Waals surface area (Å²) >= 11 is 0. The number of methoxy groups -OCH3 is 1. The topological polar surface area (TPSA) is 45.7 Å². The fraction of sp³-hybridized carbons (Fsp3) is 0.500. The predicted octanol–water partition coefficient (Wildman–Crippen LogP) is 2.45. The minimum atomic E-state index is -0.190. The second-order valence-corrected chi connectivity index (χ2v) is 4.20. The Labute approximate surface area is 137 Å². The van der Waals surface area contributed by atoms with Crippen LogP contribution in [0.1, 0.15) is 18.1 Å². The van der Waals surface area contributed by atoms with Gasteiger partial charge in [0.1, 0.15) is 5.82 Å². The lowest BCUT2D eigenvalue weighted by atomic mass is 10.1. The third kappa shape index (κ3) is 7.04. The molecule has 2 N–H and O–H groups in total. The van der Waals surface area contributed by atoms with Crippen molar-refractivity contribution in [1.29, 1.82) is 0 Å². The van der Waals surface area contributed by atoms with Gasteiger partial charge in [0.25, 0.3) is 0 Å². The minimum Gasteiger partial charge on any atom is -0.383 e. The monoisotopic (exact) mass is 395 g/mol. The van der Waals surface area contributed by atoms with E-state index in [1.807, 2.05) is 13.0 Å². The van der Waals surface area contributed by atoms with Crippen LogP contribution in [0, 0.1) is 12.7 Å². The van der Waals surface area contributed by atoms with E-state index < -0.39 is 0 Å². The Morgan fingerprint density at radius 2 is 2.10 bits per heavy atom. The summed E-state index contributed by atoms with van der Waals surface area (Å²) in [5.41, 5.74) is 1.50. The quantitative estimate of drug-likeness (QED) is 0.337. The predicted molar refractivity (Wildman–Crippen MR) is 91.2 cm³/mol. The highest BCUT2D eigenvalue weighted by atomic mass is 127. The molecule has 0 atom stereocenters. The molecule has 0 saturated carbocycles. The van der Waals surface area contributed by atoms with Gasteiger partial charge in [0, 0.05) is 20.2 Å². The molecule has 0 unspecified atom stereocenters. The lowest BCUT2D eigenvalue weighted by molar-refractivity contribution is 0.203. The van der Waals surface area contributed by atoms with Crippen molar-refractivity contribution in [3.63, 3.8) is 0 Å². The smallest absolute Gasteiger partial charge is 0.191 e. The van der Waals surface area contributed by atoms with Crippen LogP contribution in [0.15, 0.2) is 23.2 Å². The van der Waals surface area contributed by atoms with E-state index in [4.69, 9.17) is 4.74 Å². The molecule has 0 aliphatic heterocycles. The van der Waals surface area contributed by atoms with Gasteiger partial charge in [0.2, 0.25) is 0 Å². The molecule has 0 saturated heterocycles. The van der Waals surface area contributed by atoms with Crippen LogP contribution in [0.5, 0.6) is 0 Å². The minimum absolute atomic E-state index is 0. The zero-order chi connectivity index (χ0) is 14.1. The summed E-state index contributed by atoms with van der Waals surface area (Å²) in [4.78, 5) is 4.40. The molecule has 0 fully saturated rings. The van der Waals surface area contributed by atoms with Gasteiger partial charge in [-0.3, -0.25) is 0 Å². The molecule has 0 spiro atoms. The summed E-state index contributed by atoms with van der Waals surface area (Å²) in [5, 5.41) is 6.27. The number of ether oxygens (including phenoxy) is 1. The van der Waals surface area contributed by atoms with Crippen molar-refractivity contribution >= 4 is 29.9 Å². The zero-order valence-electron chi connectivity index (χ0n) is 12.2. The van der Waals surface area contributed by atoms with Crippen LogP contribution in [0.25, 0.3) is 0 Å². The Balaban J connectivity index is 0.00000361. The van der Waals surface area contributed by atoms with E-state index in [2.05, 4.69) is 15.6 Å². The maximum absolute atomic E-state index is 13.4. The fourth-order valence-electron chi connectivity index (χ4n) is 1.52. The Morgan fingerprint density at radius 3 is 2.70 bits per heavy atom. The van der Waals surface area contributed by atoms with Gasteiger partial charge in [-0.15, -0.1) is 24.0 Å². The molecule has 0 aliphatic carbocycles. The van der Waals surface area contributed by atoms with Crippen molar-refractivity contribution in [2.24, 2.45) is 4.99 Å². The third-order valence-electron chi connectivity index (χ3n) is 2.60. The number of nitrogens with zero attached hydrogens (tertiary/aromatic N) is 1. The van der Waals surface area contributed by atoms with Crippen molar-refractivity contribution in [3.05, 3.63) is 35.1 Å². The maximum Gasteiger partial charge on any atom is 0.191 e. The molecule has 114 valence electrons. The molecule has 6 heteroatoms. The highest BCUT2D eigenvalue weighted by molar-refractivity contribution is 14.0. The molecule has 1 rings (SSSR count). The van der Waals surface area contributed by atoms with Crippen molar-refractivity contribution in [1.82, 2.24) is 10.6 Å². The number of hydrogen-bond donors (Lipinski definition) is 2. The zero-order valence-corrected chi connectivity index (χ0v) is 14.5. The largest absolute Gasteiger partial charge is 0.383 e. The van der Waals surface area contributed by atoms with Gasteiger partial charge in [0.15, 0.2) is 5.96 Å². The number of aliphatic imine (C=N–C) groups is 1. The normalized spacial score (nSPS) is 10.9. The van der Waals surface area contributed by atoms with Gasteiger partial charge in [-0.1, -0.05) is 12.1 Å². The van der Waals surface area contributed by atoms with E-state index >= 15 is 0 Å². The van der Waals surface area contributed by atoms with Gasteiger partial charge in [-0.25, -0.2) is 9.38 Å². The molecule has 0 aromatic heterocycles. The Morgan fingerprint density at radius 1 is 1.35 bits per heavy atom. The first-order valence-electron chi connectivity index (χ1n) is 6.43. The van der Waals surface area contributed by atoms with Gasteiger partial charge in [-0.05, 0) is 31.0 Å². The second kappa shape index (κ2) is 10.8. The van der Waals surface area contributed by atoms with E-state index in [-0.39, 0.29) is 29.8 Å². The van der Waals surface area contributed by atoms with Crippen LogP contribution < -0.4 is 10.6 Å². The van der Waals surface area contributed by atoms with Crippen LogP contribution in [0.4, 0.5) is 4.39 Å². The lowest BCUT2D eigenvalue weighted by Gasteiger charge is -2.10. The first-order valence-corrected chi connectivity index (χ1v) is 6.43. The van der Waals surface area contributed by atoms with Crippen LogP contribution in [-0.4, -0.2) is 32.8 Å². The summed E-state index contributed by atoms with van der Waals surface area (Å²) in [6.45, 7) is 6.27. The summed E-state index contributed by atoms with van der Waals surface area (Å²) < 4.78 is 18.4. The Bertz CT molecular complexity index is 427. The first-order chi connectivity index (χ1) is 9.17. The van der Waals surface area contributed by atoms with Crippen LogP contribution in [0.3, 0.4) is 0 Å². The fourth-order valence-corrected chi connectivity index (χ4v) is 1.52. The average molecular weight is 395 g/mol. The average Bonchev–Trinajstić information content (AvgIpc) is 2.40. The maximum atomic E-state index is 13.4. The number of guanidine groups is 1. The van der Waals surface area contributed by atoms with E-state index in [9.17, 15) is 4.39 Å². The first kappa shape index (κ1) is 19.1. The molecule has 0 heterocycles. The number of hydrogen-bond acceptors (Lipinski definition) is 2. The van der Waals surface area contributed by atoms with Crippen molar-refractivity contribution < 1.29 is 9.13 Å². The molecule has 0 bridgehead atoms. The second-order valence-electron chi connectivity index (χ2n) is 4.20. The van der Waals surface area contributed by atoms with Crippen molar-refractivity contribution in [2.75, 3.05) is 26.8 Å². The summed E-state index contributed by atoms with van der Waals surface area (Å²) in [7, 11) is 1.65. The van der Waals surface area contributed by atoms with Crippen LogP contribution >= 0.6 is 24.0 Å².